The lowest BCUT2D eigenvalue weighted by Gasteiger charge is -2.24. The highest BCUT2D eigenvalue weighted by molar-refractivity contribution is 5.69. The van der Waals surface area contributed by atoms with Gasteiger partial charge in [0.25, 0.3) is 0 Å². The van der Waals surface area contributed by atoms with Crippen molar-refractivity contribution in [2.45, 2.75) is 65.1 Å². The van der Waals surface area contributed by atoms with Gasteiger partial charge in [-0.3, -0.25) is 9.69 Å². The molecule has 1 heterocycles. The normalized spacial score (nSPS) is 12.7. The molecule has 0 aliphatic heterocycles. The second kappa shape index (κ2) is 11.9. The molecule has 0 aliphatic carbocycles. The summed E-state index contributed by atoms with van der Waals surface area (Å²) in [7, 11) is 0. The Balaban J connectivity index is 1.98. The summed E-state index contributed by atoms with van der Waals surface area (Å²) < 4.78 is 7.38. The third kappa shape index (κ3) is 8.35. The van der Waals surface area contributed by atoms with Crippen LogP contribution in [0.1, 0.15) is 57.4 Å². The molecule has 1 aromatic carbocycles. The number of nitrogens with zero attached hydrogens (tertiary/aromatic N) is 2. The zero-order chi connectivity index (χ0) is 22.9. The van der Waals surface area contributed by atoms with E-state index in [2.05, 4.69) is 73.3 Å². The SMILES string of the molecule is C=CCN(Cc1cccn1Cc1ccc(C(C)(C)C)cc1)C[C@@H](O)COC(=O)CCC. The van der Waals surface area contributed by atoms with Crippen LogP contribution < -0.4 is 0 Å². The Kier molecular flexibility index (Phi) is 9.53. The Morgan fingerprint density at radius 3 is 2.58 bits per heavy atom. The minimum Gasteiger partial charge on any atom is -0.463 e. The summed E-state index contributed by atoms with van der Waals surface area (Å²) in [5, 5.41) is 10.3. The average Bonchev–Trinajstić information content (AvgIpc) is 3.13. The Bertz CT molecular complexity index is 818. The fourth-order valence-corrected chi connectivity index (χ4v) is 3.49. The molecule has 1 aromatic heterocycles. The van der Waals surface area contributed by atoms with Crippen LogP contribution in [0.2, 0.25) is 0 Å². The number of ether oxygens (including phenoxy) is 1. The van der Waals surface area contributed by atoms with E-state index in [0.29, 0.717) is 26.1 Å². The first-order valence-electron chi connectivity index (χ1n) is 11.1. The lowest BCUT2D eigenvalue weighted by atomic mass is 9.87. The minimum atomic E-state index is -0.728. The summed E-state index contributed by atoms with van der Waals surface area (Å²) in [5.74, 6) is -0.261. The molecule has 1 atom stereocenters. The van der Waals surface area contributed by atoms with Gasteiger partial charge in [-0.25, -0.2) is 0 Å². The van der Waals surface area contributed by atoms with Crippen LogP contribution in [0.5, 0.6) is 0 Å². The van der Waals surface area contributed by atoms with Gasteiger partial charge < -0.3 is 14.4 Å². The van der Waals surface area contributed by atoms with Gasteiger partial charge in [-0.15, -0.1) is 6.58 Å². The van der Waals surface area contributed by atoms with Crippen molar-refractivity contribution in [3.8, 4) is 0 Å². The van der Waals surface area contributed by atoms with Crippen molar-refractivity contribution in [3.63, 3.8) is 0 Å². The quantitative estimate of drug-likeness (QED) is 0.400. The Hall–Kier alpha value is -2.37. The highest BCUT2D eigenvalue weighted by Gasteiger charge is 2.16. The summed E-state index contributed by atoms with van der Waals surface area (Å²) >= 11 is 0. The molecular formula is C26H38N2O3. The molecule has 0 unspecified atom stereocenters. The van der Waals surface area contributed by atoms with Gasteiger partial charge >= 0.3 is 5.97 Å². The second-order valence-corrected chi connectivity index (χ2v) is 9.14. The van der Waals surface area contributed by atoms with Crippen LogP contribution in [0.4, 0.5) is 0 Å². The van der Waals surface area contributed by atoms with Gasteiger partial charge in [0, 0.05) is 44.5 Å². The van der Waals surface area contributed by atoms with Crippen LogP contribution in [-0.2, 0) is 28.0 Å². The first-order chi connectivity index (χ1) is 14.7. The fourth-order valence-electron chi connectivity index (χ4n) is 3.49. The predicted molar refractivity (Wildman–Crippen MR) is 126 cm³/mol. The van der Waals surface area contributed by atoms with Crippen molar-refractivity contribution >= 4 is 5.97 Å². The molecule has 0 saturated heterocycles. The zero-order valence-electron chi connectivity index (χ0n) is 19.5. The molecule has 0 aliphatic rings. The van der Waals surface area contributed by atoms with Crippen LogP contribution in [0.25, 0.3) is 0 Å². The topological polar surface area (TPSA) is 54.7 Å². The number of hydrogen-bond acceptors (Lipinski definition) is 4. The number of benzene rings is 1. The van der Waals surface area contributed by atoms with Crippen LogP contribution >= 0.6 is 0 Å². The van der Waals surface area contributed by atoms with E-state index >= 15 is 0 Å². The largest absolute Gasteiger partial charge is 0.463 e. The molecule has 2 rings (SSSR count). The summed E-state index contributed by atoms with van der Waals surface area (Å²) in [6.07, 6.45) is 4.31. The first kappa shape index (κ1) is 24.9. The maximum absolute atomic E-state index is 11.5. The van der Waals surface area contributed by atoms with Gasteiger partial charge in [-0.1, -0.05) is 58.0 Å². The van der Waals surface area contributed by atoms with Crippen molar-refractivity contribution < 1.29 is 14.6 Å². The molecule has 170 valence electrons. The number of aliphatic hydroxyl groups is 1. The van der Waals surface area contributed by atoms with E-state index in [-0.39, 0.29) is 18.0 Å². The van der Waals surface area contributed by atoms with Crippen molar-refractivity contribution in [1.82, 2.24) is 9.47 Å². The lowest BCUT2D eigenvalue weighted by molar-refractivity contribution is -0.147. The zero-order valence-corrected chi connectivity index (χ0v) is 19.5. The van der Waals surface area contributed by atoms with E-state index in [0.717, 1.165) is 18.7 Å². The molecule has 5 heteroatoms. The molecular weight excluding hydrogens is 388 g/mol. The van der Waals surface area contributed by atoms with Crippen LogP contribution in [0, 0.1) is 0 Å². The summed E-state index contributed by atoms with van der Waals surface area (Å²) in [6, 6.07) is 13.0. The van der Waals surface area contributed by atoms with Crippen molar-refractivity contribution in [2.24, 2.45) is 0 Å². The number of carbonyl (C=O) groups excluding carboxylic acids is 1. The summed E-state index contributed by atoms with van der Waals surface area (Å²) in [5.41, 5.74) is 3.89. The lowest BCUT2D eigenvalue weighted by Crippen LogP contribution is -2.35. The van der Waals surface area contributed by atoms with Gasteiger partial charge in [0.15, 0.2) is 0 Å². The Labute approximate surface area is 187 Å². The number of aromatic nitrogens is 1. The van der Waals surface area contributed by atoms with Gasteiger partial charge in [0.1, 0.15) is 12.7 Å². The van der Waals surface area contributed by atoms with Crippen LogP contribution in [0.15, 0.2) is 55.3 Å². The Morgan fingerprint density at radius 1 is 1.26 bits per heavy atom. The molecule has 0 saturated carbocycles. The number of aliphatic hydroxyl groups excluding tert-OH is 1. The third-order valence-corrected chi connectivity index (χ3v) is 5.23. The molecule has 0 amide bonds. The predicted octanol–water partition coefficient (Wildman–Crippen LogP) is 4.53. The Morgan fingerprint density at radius 2 is 1.97 bits per heavy atom. The van der Waals surface area contributed by atoms with Gasteiger partial charge in [-0.05, 0) is 35.1 Å². The maximum Gasteiger partial charge on any atom is 0.305 e. The summed E-state index contributed by atoms with van der Waals surface area (Å²) in [4.78, 5) is 13.7. The number of esters is 1. The van der Waals surface area contributed by atoms with Crippen molar-refractivity contribution in [2.75, 3.05) is 19.7 Å². The average molecular weight is 427 g/mol. The van der Waals surface area contributed by atoms with Gasteiger partial charge in [-0.2, -0.15) is 0 Å². The summed E-state index contributed by atoms with van der Waals surface area (Å²) in [6.45, 7) is 15.0. The molecule has 0 fully saturated rings. The molecule has 31 heavy (non-hydrogen) atoms. The highest BCUT2D eigenvalue weighted by atomic mass is 16.5. The molecule has 0 spiro atoms. The van der Waals surface area contributed by atoms with E-state index in [1.807, 2.05) is 19.1 Å². The maximum atomic E-state index is 11.5. The fraction of sp³-hybridized carbons (Fsp3) is 0.500. The van der Waals surface area contributed by atoms with E-state index in [9.17, 15) is 9.90 Å². The molecule has 2 aromatic rings. The van der Waals surface area contributed by atoms with E-state index in [4.69, 9.17) is 4.74 Å². The second-order valence-electron chi connectivity index (χ2n) is 9.14. The van der Waals surface area contributed by atoms with Gasteiger partial charge in [0.2, 0.25) is 0 Å². The number of carbonyl (C=O) groups is 1. The highest BCUT2D eigenvalue weighted by Crippen LogP contribution is 2.22. The number of rotatable bonds is 12. The molecule has 5 nitrogen and oxygen atoms in total. The van der Waals surface area contributed by atoms with E-state index < -0.39 is 6.10 Å². The van der Waals surface area contributed by atoms with E-state index in [1.165, 1.54) is 11.1 Å². The number of hydrogen-bond donors (Lipinski definition) is 1. The van der Waals surface area contributed by atoms with Gasteiger partial charge in [0.05, 0.1) is 0 Å². The minimum absolute atomic E-state index is 0.0214. The molecule has 0 radical (unpaired) electrons. The molecule has 1 N–H and O–H groups in total. The molecule has 0 bridgehead atoms. The van der Waals surface area contributed by atoms with Crippen LogP contribution in [-0.4, -0.2) is 46.3 Å². The van der Waals surface area contributed by atoms with Crippen molar-refractivity contribution in [1.29, 1.82) is 0 Å². The third-order valence-electron chi connectivity index (χ3n) is 5.23. The monoisotopic (exact) mass is 426 g/mol. The standard InChI is InChI=1S/C26H38N2O3/c1-6-9-25(30)31-20-24(29)19-27(15-7-2)18-23-10-8-16-28(23)17-21-11-13-22(14-12-21)26(3,4)5/h7-8,10-14,16,24,29H,2,6,9,15,17-20H2,1,3-5H3/t24-/m1/s1. The first-order valence-corrected chi connectivity index (χ1v) is 11.1. The smallest absolute Gasteiger partial charge is 0.305 e. The van der Waals surface area contributed by atoms with Crippen LogP contribution in [0.3, 0.4) is 0 Å². The van der Waals surface area contributed by atoms with E-state index in [1.54, 1.807) is 0 Å². The van der Waals surface area contributed by atoms with Crippen molar-refractivity contribution in [3.05, 3.63) is 72.1 Å².